The molecule has 3 rings (SSSR count). The first-order chi connectivity index (χ1) is 11.0. The maximum atomic E-state index is 11.8. The van der Waals surface area contributed by atoms with Crippen molar-refractivity contribution < 1.29 is 12.8 Å². The number of hydrogen-bond acceptors (Lipinski definition) is 6. The second kappa shape index (κ2) is 6.55. The highest BCUT2D eigenvalue weighted by Gasteiger charge is 2.14. The topological polar surface area (TPSA) is 73.1 Å². The Morgan fingerprint density at radius 2 is 1.70 bits per heavy atom. The summed E-state index contributed by atoms with van der Waals surface area (Å²) in [6, 6.07) is 16.4. The number of sulfone groups is 1. The molecule has 5 nitrogen and oxygen atoms in total. The van der Waals surface area contributed by atoms with Gasteiger partial charge in [-0.25, -0.2) is 8.42 Å². The highest BCUT2D eigenvalue weighted by molar-refractivity contribution is 7.98. The van der Waals surface area contributed by atoms with Crippen LogP contribution in [0.2, 0.25) is 0 Å². The van der Waals surface area contributed by atoms with Gasteiger partial charge < -0.3 is 4.42 Å². The fourth-order valence-electron chi connectivity index (χ4n) is 2.09. The van der Waals surface area contributed by atoms with Crippen molar-refractivity contribution in [1.29, 1.82) is 0 Å². The molecule has 0 aliphatic rings. The van der Waals surface area contributed by atoms with Crippen LogP contribution in [0.15, 0.2) is 69.1 Å². The molecule has 0 aliphatic carbocycles. The molecule has 0 amide bonds. The van der Waals surface area contributed by atoms with Gasteiger partial charge in [-0.05, 0) is 23.8 Å². The van der Waals surface area contributed by atoms with Gasteiger partial charge in [-0.15, -0.1) is 10.2 Å². The Balaban J connectivity index is 1.77. The Morgan fingerprint density at radius 1 is 1.00 bits per heavy atom. The van der Waals surface area contributed by atoms with Gasteiger partial charge in [-0.1, -0.05) is 48.2 Å². The van der Waals surface area contributed by atoms with Gasteiger partial charge in [-0.2, -0.15) is 0 Å². The van der Waals surface area contributed by atoms with Crippen LogP contribution in [-0.4, -0.2) is 24.9 Å². The number of rotatable bonds is 5. The zero-order chi connectivity index (χ0) is 16.3. The summed E-state index contributed by atoms with van der Waals surface area (Å²) < 4.78 is 29.2. The van der Waals surface area contributed by atoms with Crippen molar-refractivity contribution in [2.24, 2.45) is 0 Å². The van der Waals surface area contributed by atoms with Crippen LogP contribution in [-0.2, 0) is 15.6 Å². The summed E-state index contributed by atoms with van der Waals surface area (Å²) in [5.74, 6) is 0.893. The van der Waals surface area contributed by atoms with E-state index in [9.17, 15) is 8.42 Å². The smallest absolute Gasteiger partial charge is 0.277 e. The predicted octanol–water partition coefficient (Wildman–Crippen LogP) is 3.43. The lowest BCUT2D eigenvalue weighted by atomic mass is 10.2. The maximum absolute atomic E-state index is 11.8. The third kappa shape index (κ3) is 3.80. The fraction of sp³-hybridized carbons (Fsp3) is 0.125. The van der Waals surface area contributed by atoms with Gasteiger partial charge >= 0.3 is 0 Å². The average molecular weight is 346 g/mol. The molecule has 2 aromatic carbocycles. The van der Waals surface area contributed by atoms with E-state index in [1.54, 1.807) is 18.2 Å². The van der Waals surface area contributed by atoms with E-state index in [2.05, 4.69) is 10.2 Å². The largest absolute Gasteiger partial charge is 0.411 e. The highest BCUT2D eigenvalue weighted by atomic mass is 32.2. The summed E-state index contributed by atoms with van der Waals surface area (Å²) >= 11 is 1.31. The minimum absolute atomic E-state index is 0.329. The van der Waals surface area contributed by atoms with Gasteiger partial charge in [0.15, 0.2) is 9.84 Å². The number of hydrogen-bond donors (Lipinski definition) is 0. The van der Waals surface area contributed by atoms with E-state index < -0.39 is 9.84 Å². The molecule has 0 atom stereocenters. The molecule has 7 heteroatoms. The molecule has 0 aliphatic heterocycles. The fourth-order valence-corrected chi connectivity index (χ4v) is 3.89. The van der Waals surface area contributed by atoms with E-state index in [1.807, 2.05) is 36.4 Å². The average Bonchev–Trinajstić information content (AvgIpc) is 3.02. The Labute approximate surface area is 138 Å². The molecule has 0 unspecified atom stereocenters. The van der Waals surface area contributed by atoms with Crippen molar-refractivity contribution in [1.82, 2.24) is 10.2 Å². The summed E-state index contributed by atoms with van der Waals surface area (Å²) in [6.07, 6.45) is 1.21. The number of aromatic nitrogens is 2. The number of thioether (sulfide) groups is 1. The molecule has 0 saturated heterocycles. The molecule has 0 radical (unpaired) electrons. The molecule has 0 spiro atoms. The molecular formula is C16H14N2O3S2. The summed E-state index contributed by atoms with van der Waals surface area (Å²) in [4.78, 5) is 0.329. The normalized spacial score (nSPS) is 11.5. The van der Waals surface area contributed by atoms with Crippen LogP contribution < -0.4 is 0 Å². The molecule has 0 N–H and O–H groups in total. The zero-order valence-corrected chi connectivity index (χ0v) is 14.0. The van der Waals surface area contributed by atoms with Crippen molar-refractivity contribution in [2.45, 2.75) is 15.9 Å². The Morgan fingerprint density at radius 3 is 2.43 bits per heavy atom. The van der Waals surface area contributed by atoms with Gasteiger partial charge in [-0.3, -0.25) is 0 Å². The molecule has 0 fully saturated rings. The molecule has 118 valence electrons. The van der Waals surface area contributed by atoms with Crippen LogP contribution in [0.4, 0.5) is 0 Å². The second-order valence-corrected chi connectivity index (χ2v) is 7.82. The summed E-state index contributed by atoms with van der Waals surface area (Å²) in [5, 5.41) is 8.42. The van der Waals surface area contributed by atoms with Crippen molar-refractivity contribution >= 4 is 21.6 Å². The zero-order valence-electron chi connectivity index (χ0n) is 12.3. The molecular weight excluding hydrogens is 332 g/mol. The Bertz CT molecular complexity index is 906. The van der Waals surface area contributed by atoms with Crippen LogP contribution in [0.5, 0.6) is 0 Å². The minimum atomic E-state index is -3.26. The van der Waals surface area contributed by atoms with E-state index in [-0.39, 0.29) is 0 Å². The van der Waals surface area contributed by atoms with Crippen LogP contribution in [0.25, 0.3) is 11.5 Å². The van der Waals surface area contributed by atoms with Gasteiger partial charge in [0.1, 0.15) is 0 Å². The molecule has 0 saturated carbocycles. The maximum Gasteiger partial charge on any atom is 0.277 e. The van der Waals surface area contributed by atoms with E-state index in [0.29, 0.717) is 21.8 Å². The van der Waals surface area contributed by atoms with Crippen LogP contribution >= 0.6 is 11.8 Å². The van der Waals surface area contributed by atoms with Gasteiger partial charge in [0.2, 0.25) is 5.89 Å². The Kier molecular flexibility index (Phi) is 4.49. The Hall–Kier alpha value is -2.12. The lowest BCUT2D eigenvalue weighted by Crippen LogP contribution is -2.01. The number of nitrogens with zero attached hydrogens (tertiary/aromatic N) is 2. The van der Waals surface area contributed by atoms with E-state index in [1.165, 1.54) is 18.0 Å². The number of benzene rings is 2. The monoisotopic (exact) mass is 346 g/mol. The summed E-state index contributed by atoms with van der Waals surface area (Å²) in [7, 11) is -3.26. The van der Waals surface area contributed by atoms with Gasteiger partial charge in [0.05, 0.1) is 4.90 Å². The standard InChI is InChI=1S/C16H14N2O3S2/c1-23(19,20)14-10-6-5-9-13(14)11-22-16-18-17-15(21-16)12-7-3-2-4-8-12/h2-10H,11H2,1H3. The highest BCUT2D eigenvalue weighted by Crippen LogP contribution is 2.27. The first-order valence-electron chi connectivity index (χ1n) is 6.84. The first-order valence-corrected chi connectivity index (χ1v) is 9.71. The lowest BCUT2D eigenvalue weighted by molar-refractivity contribution is 0.466. The molecule has 3 aromatic rings. The summed E-state index contributed by atoms with van der Waals surface area (Å²) in [5.41, 5.74) is 1.57. The van der Waals surface area contributed by atoms with Crippen molar-refractivity contribution in [3.8, 4) is 11.5 Å². The minimum Gasteiger partial charge on any atom is -0.411 e. The van der Waals surface area contributed by atoms with Gasteiger partial charge in [0, 0.05) is 17.6 Å². The predicted molar refractivity (Wildman–Crippen MR) is 88.8 cm³/mol. The van der Waals surface area contributed by atoms with Crippen LogP contribution in [0.1, 0.15) is 5.56 Å². The first kappa shape index (κ1) is 15.8. The van der Waals surface area contributed by atoms with E-state index in [0.717, 1.165) is 11.1 Å². The third-order valence-corrected chi connectivity index (χ3v) is 5.21. The van der Waals surface area contributed by atoms with Crippen molar-refractivity contribution in [3.63, 3.8) is 0 Å². The SMILES string of the molecule is CS(=O)(=O)c1ccccc1CSc1nnc(-c2ccccc2)o1. The molecule has 0 bridgehead atoms. The second-order valence-electron chi connectivity index (χ2n) is 4.91. The molecule has 23 heavy (non-hydrogen) atoms. The lowest BCUT2D eigenvalue weighted by Gasteiger charge is -2.05. The van der Waals surface area contributed by atoms with E-state index in [4.69, 9.17) is 4.42 Å². The van der Waals surface area contributed by atoms with Crippen LogP contribution in [0, 0.1) is 0 Å². The molecule has 1 heterocycles. The van der Waals surface area contributed by atoms with Crippen molar-refractivity contribution in [2.75, 3.05) is 6.26 Å². The summed E-state index contributed by atoms with van der Waals surface area (Å²) in [6.45, 7) is 0. The quantitative estimate of drug-likeness (QED) is 0.659. The van der Waals surface area contributed by atoms with E-state index >= 15 is 0 Å². The van der Waals surface area contributed by atoms with Gasteiger partial charge in [0.25, 0.3) is 5.22 Å². The van der Waals surface area contributed by atoms with Crippen molar-refractivity contribution in [3.05, 3.63) is 60.2 Å². The third-order valence-electron chi connectivity index (χ3n) is 3.15. The molecule has 1 aromatic heterocycles. The van der Waals surface area contributed by atoms with Crippen LogP contribution in [0.3, 0.4) is 0 Å².